The van der Waals surface area contributed by atoms with Crippen LogP contribution in [0.3, 0.4) is 0 Å². The molecule has 0 unspecified atom stereocenters. The van der Waals surface area contributed by atoms with E-state index in [9.17, 15) is 5.11 Å². The molecule has 1 aliphatic heterocycles. The Morgan fingerprint density at radius 2 is 1.77 bits per heavy atom. The second kappa shape index (κ2) is 10.3. The fourth-order valence-corrected chi connectivity index (χ4v) is 3.81. The zero-order valence-corrected chi connectivity index (χ0v) is 17.2. The molecule has 156 valence electrons. The van der Waals surface area contributed by atoms with Gasteiger partial charge in [0.05, 0.1) is 0 Å². The van der Waals surface area contributed by atoms with Crippen molar-refractivity contribution in [2.75, 3.05) is 19.7 Å². The first kappa shape index (κ1) is 20.5. The van der Waals surface area contributed by atoms with Crippen molar-refractivity contribution >= 4 is 0 Å². The maximum absolute atomic E-state index is 10.4. The SMILES string of the molecule is O[C@H](COc1ccc(CNCc2cccnc2)cc1)CN1CCc2ccccc2C1. The zero-order chi connectivity index (χ0) is 20.6. The number of rotatable bonds is 9. The second-order valence-corrected chi connectivity index (χ2v) is 7.83. The zero-order valence-electron chi connectivity index (χ0n) is 17.2. The molecule has 2 N–H and O–H groups in total. The van der Waals surface area contributed by atoms with E-state index in [0.717, 1.165) is 38.3 Å². The highest BCUT2D eigenvalue weighted by molar-refractivity contribution is 5.29. The Labute approximate surface area is 178 Å². The van der Waals surface area contributed by atoms with E-state index < -0.39 is 6.10 Å². The summed E-state index contributed by atoms with van der Waals surface area (Å²) in [6.07, 6.45) is 4.19. The van der Waals surface area contributed by atoms with Crippen LogP contribution in [0.2, 0.25) is 0 Å². The molecule has 0 saturated heterocycles. The van der Waals surface area contributed by atoms with Gasteiger partial charge in [-0.05, 0) is 46.9 Å². The van der Waals surface area contributed by atoms with E-state index in [-0.39, 0.29) is 0 Å². The lowest BCUT2D eigenvalue weighted by Gasteiger charge is -2.30. The van der Waals surface area contributed by atoms with Crippen LogP contribution >= 0.6 is 0 Å². The molecule has 5 nitrogen and oxygen atoms in total. The highest BCUT2D eigenvalue weighted by Gasteiger charge is 2.18. The van der Waals surface area contributed by atoms with Crippen LogP contribution < -0.4 is 10.1 Å². The van der Waals surface area contributed by atoms with Crippen molar-refractivity contribution in [2.24, 2.45) is 0 Å². The van der Waals surface area contributed by atoms with Crippen LogP contribution in [0.1, 0.15) is 22.3 Å². The number of pyridine rings is 1. The van der Waals surface area contributed by atoms with Gasteiger partial charge >= 0.3 is 0 Å². The van der Waals surface area contributed by atoms with Crippen molar-refractivity contribution in [3.8, 4) is 5.75 Å². The van der Waals surface area contributed by atoms with Crippen molar-refractivity contribution in [2.45, 2.75) is 32.2 Å². The number of benzene rings is 2. The van der Waals surface area contributed by atoms with Gasteiger partial charge < -0.3 is 15.2 Å². The van der Waals surface area contributed by atoms with Crippen LogP contribution in [-0.4, -0.2) is 40.8 Å². The summed E-state index contributed by atoms with van der Waals surface area (Å²) in [5, 5.41) is 13.8. The van der Waals surface area contributed by atoms with Crippen LogP contribution in [0.15, 0.2) is 73.1 Å². The number of fused-ring (bicyclic) bond motifs is 1. The molecule has 1 atom stereocenters. The van der Waals surface area contributed by atoms with Crippen LogP contribution in [0.4, 0.5) is 0 Å². The Morgan fingerprint density at radius 3 is 2.57 bits per heavy atom. The van der Waals surface area contributed by atoms with Gasteiger partial charge in [0, 0.05) is 45.1 Å². The van der Waals surface area contributed by atoms with E-state index in [1.54, 1.807) is 6.20 Å². The maximum atomic E-state index is 10.4. The summed E-state index contributed by atoms with van der Waals surface area (Å²) in [6, 6.07) is 20.6. The molecule has 2 heterocycles. The molecular formula is C25H29N3O2. The number of aromatic nitrogens is 1. The number of hydrogen-bond acceptors (Lipinski definition) is 5. The van der Waals surface area contributed by atoms with E-state index in [4.69, 9.17) is 4.74 Å². The highest BCUT2D eigenvalue weighted by Crippen LogP contribution is 2.19. The number of ether oxygens (including phenoxy) is 1. The van der Waals surface area contributed by atoms with Crippen molar-refractivity contribution in [3.05, 3.63) is 95.3 Å². The molecule has 4 rings (SSSR count). The summed E-state index contributed by atoms with van der Waals surface area (Å²) in [5.74, 6) is 0.786. The minimum atomic E-state index is -0.504. The van der Waals surface area contributed by atoms with Gasteiger partial charge in [-0.3, -0.25) is 9.88 Å². The summed E-state index contributed by atoms with van der Waals surface area (Å²) in [4.78, 5) is 6.42. The lowest BCUT2D eigenvalue weighted by Crippen LogP contribution is -2.38. The average Bonchev–Trinajstić information content (AvgIpc) is 2.79. The fraction of sp³-hybridized carbons (Fsp3) is 0.320. The molecule has 0 fully saturated rings. The number of aliphatic hydroxyl groups excluding tert-OH is 1. The molecule has 0 aliphatic carbocycles. The lowest BCUT2D eigenvalue weighted by atomic mass is 10.00. The van der Waals surface area contributed by atoms with Gasteiger partial charge in [0.1, 0.15) is 18.5 Å². The molecule has 0 radical (unpaired) electrons. The monoisotopic (exact) mass is 403 g/mol. The normalized spacial score (nSPS) is 14.8. The topological polar surface area (TPSA) is 57.6 Å². The largest absolute Gasteiger partial charge is 0.491 e. The Hall–Kier alpha value is -2.73. The molecule has 1 aromatic heterocycles. The Kier molecular flexibility index (Phi) is 7.08. The van der Waals surface area contributed by atoms with Crippen molar-refractivity contribution in [1.82, 2.24) is 15.2 Å². The molecule has 0 saturated carbocycles. The molecule has 0 bridgehead atoms. The van der Waals surface area contributed by atoms with E-state index >= 15 is 0 Å². The average molecular weight is 404 g/mol. The Balaban J connectivity index is 1.18. The van der Waals surface area contributed by atoms with Gasteiger partial charge in [-0.25, -0.2) is 0 Å². The first-order chi connectivity index (χ1) is 14.8. The summed E-state index contributed by atoms with van der Waals surface area (Å²) in [6.45, 7) is 4.39. The quantitative estimate of drug-likeness (QED) is 0.575. The third kappa shape index (κ3) is 5.89. The lowest BCUT2D eigenvalue weighted by molar-refractivity contribution is 0.0638. The highest BCUT2D eigenvalue weighted by atomic mass is 16.5. The standard InChI is InChI=1S/C25H29N3O2/c29-24(18-28-13-11-22-5-1-2-6-23(22)17-28)19-30-25-9-7-20(8-10-25)14-27-16-21-4-3-12-26-15-21/h1-10,12,15,24,27,29H,11,13-14,16-19H2/t24-/m0/s1. The minimum absolute atomic E-state index is 0.302. The molecule has 1 aliphatic rings. The van der Waals surface area contributed by atoms with Crippen molar-refractivity contribution < 1.29 is 9.84 Å². The van der Waals surface area contributed by atoms with Gasteiger partial charge in [0.2, 0.25) is 0 Å². The van der Waals surface area contributed by atoms with Gasteiger partial charge in [-0.2, -0.15) is 0 Å². The van der Waals surface area contributed by atoms with Gasteiger partial charge in [0.15, 0.2) is 0 Å². The molecular weight excluding hydrogens is 374 g/mol. The van der Waals surface area contributed by atoms with Gasteiger partial charge in [0.25, 0.3) is 0 Å². The molecule has 5 heteroatoms. The van der Waals surface area contributed by atoms with Crippen LogP contribution in [-0.2, 0) is 26.1 Å². The first-order valence-electron chi connectivity index (χ1n) is 10.5. The van der Waals surface area contributed by atoms with Gasteiger partial charge in [-0.1, -0.05) is 42.5 Å². The number of β-amino-alcohol motifs (C(OH)–C–C–N with tert-alkyl or cyclic N) is 1. The molecule has 0 spiro atoms. The van der Waals surface area contributed by atoms with Crippen LogP contribution in [0, 0.1) is 0 Å². The van der Waals surface area contributed by atoms with Crippen LogP contribution in [0.5, 0.6) is 5.75 Å². The van der Waals surface area contributed by atoms with Crippen molar-refractivity contribution in [1.29, 1.82) is 0 Å². The van der Waals surface area contributed by atoms with Crippen LogP contribution in [0.25, 0.3) is 0 Å². The summed E-state index contributed by atoms with van der Waals surface area (Å²) in [5.41, 5.74) is 5.15. The number of nitrogens with one attached hydrogen (secondary N) is 1. The van der Waals surface area contributed by atoms with E-state index in [1.807, 2.05) is 24.4 Å². The number of hydrogen-bond donors (Lipinski definition) is 2. The third-order valence-corrected chi connectivity index (χ3v) is 5.43. The number of aliphatic hydroxyl groups is 1. The molecule has 0 amide bonds. The molecule has 2 aromatic carbocycles. The summed E-state index contributed by atoms with van der Waals surface area (Å²) in [7, 11) is 0. The third-order valence-electron chi connectivity index (χ3n) is 5.43. The Morgan fingerprint density at radius 1 is 0.967 bits per heavy atom. The molecule has 30 heavy (non-hydrogen) atoms. The van der Waals surface area contributed by atoms with Gasteiger partial charge in [-0.15, -0.1) is 0 Å². The summed E-state index contributed by atoms with van der Waals surface area (Å²) < 4.78 is 5.80. The van der Waals surface area contributed by atoms with E-state index in [2.05, 4.69) is 57.7 Å². The minimum Gasteiger partial charge on any atom is -0.491 e. The van der Waals surface area contributed by atoms with Crippen molar-refractivity contribution in [3.63, 3.8) is 0 Å². The van der Waals surface area contributed by atoms with E-state index in [0.29, 0.717) is 13.2 Å². The second-order valence-electron chi connectivity index (χ2n) is 7.83. The number of nitrogens with zero attached hydrogens (tertiary/aromatic N) is 2. The first-order valence-corrected chi connectivity index (χ1v) is 10.5. The predicted molar refractivity (Wildman–Crippen MR) is 118 cm³/mol. The van der Waals surface area contributed by atoms with E-state index in [1.165, 1.54) is 22.3 Å². The smallest absolute Gasteiger partial charge is 0.119 e. The predicted octanol–water partition coefficient (Wildman–Crippen LogP) is 3.17. The Bertz CT molecular complexity index is 915. The fourth-order valence-electron chi connectivity index (χ4n) is 3.81. The maximum Gasteiger partial charge on any atom is 0.119 e. The molecule has 3 aromatic rings. The summed E-state index contributed by atoms with van der Waals surface area (Å²) >= 11 is 0.